The van der Waals surface area contributed by atoms with Crippen molar-refractivity contribution in [2.75, 3.05) is 0 Å². The van der Waals surface area contributed by atoms with Crippen LogP contribution in [0.25, 0.3) is 0 Å². The molecule has 9 nitrogen and oxygen atoms in total. The number of amides is 2. The van der Waals surface area contributed by atoms with Crippen molar-refractivity contribution < 1.29 is 15.3 Å². The highest BCUT2D eigenvalue weighted by Crippen LogP contribution is 1.44. The Hall–Kier alpha value is -2.06. The van der Waals surface area contributed by atoms with E-state index in [2.05, 4.69) is 5.73 Å². The van der Waals surface area contributed by atoms with Gasteiger partial charge in [0.05, 0.1) is 5.09 Å². The largest absolute Gasteiger partial charge is 0.376 e. The first-order valence-corrected chi connectivity index (χ1v) is 2.12. The van der Waals surface area contributed by atoms with Gasteiger partial charge in [-0.15, -0.1) is 0 Å². The first-order chi connectivity index (χ1) is 4.86. The van der Waals surface area contributed by atoms with Gasteiger partial charge >= 0.3 is 12.0 Å². The molecular formula is C2H7N5O4. The van der Waals surface area contributed by atoms with Gasteiger partial charge in [0.2, 0.25) is 0 Å². The van der Waals surface area contributed by atoms with Gasteiger partial charge in [0, 0.05) is 0 Å². The van der Waals surface area contributed by atoms with Crippen LogP contribution in [-0.2, 0) is 0 Å². The molecule has 7 N–H and O–H groups in total. The third kappa shape index (κ3) is 74.4. The number of nitrogens with one attached hydrogen (secondary N) is 1. The third-order valence-electron chi connectivity index (χ3n) is 0.268. The molecule has 0 saturated heterocycles. The maximum atomic E-state index is 9.74. The summed E-state index contributed by atoms with van der Waals surface area (Å²) < 4.78 is 0. The van der Waals surface area contributed by atoms with Crippen LogP contribution in [0, 0.1) is 15.3 Å². The standard InChI is InChI=1S/C2H6N4O.NO3/c3-1(4)6-2(5)7;2-1(3)4/h(H6,3,4,5,6,7);/q;-1/p+1. The molecule has 0 aromatic rings. The van der Waals surface area contributed by atoms with Crippen LogP contribution in [0.15, 0.2) is 0 Å². The summed E-state index contributed by atoms with van der Waals surface area (Å²) in [6.07, 6.45) is 0. The van der Waals surface area contributed by atoms with Crippen LogP contribution in [0.1, 0.15) is 0 Å². The first kappa shape index (κ1) is 11.7. The molecule has 0 aliphatic carbocycles. The number of guanidine groups is 1. The predicted octanol–water partition coefficient (Wildman–Crippen LogP) is -3.51. The van der Waals surface area contributed by atoms with Crippen LogP contribution in [-0.4, -0.2) is 17.1 Å². The molecule has 11 heavy (non-hydrogen) atoms. The van der Waals surface area contributed by atoms with Crippen LogP contribution in [0.4, 0.5) is 4.79 Å². The van der Waals surface area contributed by atoms with E-state index in [9.17, 15) is 4.79 Å². The molecule has 9 heteroatoms. The zero-order chi connectivity index (χ0) is 9.44. The quantitative estimate of drug-likeness (QED) is 0.126. The van der Waals surface area contributed by atoms with Gasteiger partial charge in [0.1, 0.15) is 0 Å². The summed E-state index contributed by atoms with van der Waals surface area (Å²) in [7, 11) is 0. The van der Waals surface area contributed by atoms with Crippen molar-refractivity contribution >= 4 is 12.0 Å². The van der Waals surface area contributed by atoms with Crippen molar-refractivity contribution in [3.8, 4) is 0 Å². The van der Waals surface area contributed by atoms with Gasteiger partial charge in [-0.2, -0.15) is 5.32 Å². The summed E-state index contributed by atoms with van der Waals surface area (Å²) in [6, 6.07) is -0.750. The Balaban J connectivity index is 0. The number of nitrogens with zero attached hydrogens (tertiary/aromatic N) is 1. The maximum absolute atomic E-state index is 9.74. The van der Waals surface area contributed by atoms with Gasteiger partial charge in [-0.1, -0.05) is 0 Å². The molecule has 0 bridgehead atoms. The lowest BCUT2D eigenvalue weighted by molar-refractivity contribution is -0.402. The van der Waals surface area contributed by atoms with Crippen LogP contribution in [0.2, 0.25) is 0 Å². The van der Waals surface area contributed by atoms with E-state index in [4.69, 9.17) is 26.5 Å². The molecule has 0 unspecified atom stereocenters. The summed E-state index contributed by atoms with van der Waals surface area (Å²) in [5.41, 5.74) is 9.34. The Kier molecular flexibility index (Phi) is 6.45. The molecule has 0 aliphatic heterocycles. The van der Waals surface area contributed by atoms with Crippen LogP contribution >= 0.6 is 0 Å². The van der Waals surface area contributed by atoms with Crippen LogP contribution in [0.5, 0.6) is 0 Å². The lowest BCUT2D eigenvalue weighted by atomic mass is 10.9. The molecule has 0 radical (unpaired) electrons. The van der Waals surface area contributed by atoms with E-state index in [1.54, 1.807) is 0 Å². The minimum Gasteiger partial charge on any atom is -0.356 e. The number of hydrogen-bond donors (Lipinski definition) is 4. The predicted molar refractivity (Wildman–Crippen MR) is 34.2 cm³/mol. The Bertz CT molecular complexity index is 150. The zero-order valence-corrected chi connectivity index (χ0v) is 5.31. The fourth-order valence-corrected chi connectivity index (χ4v) is 0.142. The summed E-state index contributed by atoms with van der Waals surface area (Å²) in [5, 5.41) is 21.4. The van der Waals surface area contributed by atoms with Crippen molar-refractivity contribution in [3.05, 3.63) is 15.3 Å². The lowest BCUT2D eigenvalue weighted by Crippen LogP contribution is -2.57. The van der Waals surface area contributed by atoms with E-state index < -0.39 is 11.1 Å². The zero-order valence-electron chi connectivity index (χ0n) is 5.31. The van der Waals surface area contributed by atoms with Gasteiger partial charge in [-0.3, -0.25) is 11.1 Å². The second kappa shape index (κ2) is 6.07. The van der Waals surface area contributed by atoms with Gasteiger partial charge < -0.3 is 21.1 Å². The van der Waals surface area contributed by atoms with Gasteiger partial charge in [-0.25, -0.2) is 4.79 Å². The highest BCUT2D eigenvalue weighted by Gasteiger charge is 1.96. The Morgan fingerprint density at radius 3 is 1.73 bits per heavy atom. The number of carbonyl (C=O) groups excluding carboxylic acids is 1. The Labute approximate surface area is 60.6 Å². The topological polar surface area (TPSA) is 173 Å². The molecule has 0 atom stereocenters. The average Bonchev–Trinajstić information content (AvgIpc) is 1.56. The van der Waals surface area contributed by atoms with Crippen molar-refractivity contribution in [1.82, 2.24) is 5.32 Å². The molecule has 0 aromatic carbocycles. The molecule has 2 amide bonds. The summed E-state index contributed by atoms with van der Waals surface area (Å²) in [4.78, 5) is 18.0. The second-order valence-electron chi connectivity index (χ2n) is 1.17. The van der Waals surface area contributed by atoms with Gasteiger partial charge in [-0.05, 0) is 0 Å². The summed E-state index contributed by atoms with van der Waals surface area (Å²) >= 11 is 0. The Morgan fingerprint density at radius 2 is 1.73 bits per heavy atom. The number of carbonyl (C=O) groups is 1. The van der Waals surface area contributed by atoms with Crippen LogP contribution in [0.3, 0.4) is 0 Å². The fraction of sp³-hybridized carbons (Fsp3) is 0. The molecule has 0 fully saturated rings. The number of urea groups is 1. The van der Waals surface area contributed by atoms with Crippen molar-refractivity contribution in [1.29, 1.82) is 0 Å². The molecule has 0 aromatic heterocycles. The van der Waals surface area contributed by atoms with Crippen LogP contribution < -0.4 is 22.2 Å². The van der Waals surface area contributed by atoms with Crippen molar-refractivity contribution in [2.24, 2.45) is 11.5 Å². The number of primary amides is 1. The fourth-order valence-electron chi connectivity index (χ4n) is 0.142. The molecule has 0 spiro atoms. The van der Waals surface area contributed by atoms with E-state index in [1.807, 2.05) is 5.32 Å². The monoisotopic (exact) mass is 165 g/mol. The van der Waals surface area contributed by atoms with E-state index >= 15 is 0 Å². The van der Waals surface area contributed by atoms with E-state index in [1.165, 1.54) is 0 Å². The van der Waals surface area contributed by atoms with E-state index in [0.717, 1.165) is 0 Å². The minimum absolute atomic E-state index is 0.187. The Morgan fingerprint density at radius 1 is 1.45 bits per heavy atom. The number of hydrogen-bond acceptors (Lipinski definition) is 4. The van der Waals surface area contributed by atoms with Crippen molar-refractivity contribution in [3.63, 3.8) is 0 Å². The molecule has 0 heterocycles. The summed E-state index contributed by atoms with van der Waals surface area (Å²) in [5.74, 6) is -0.187. The number of nitrogens with two attached hydrogens (primary N) is 3. The third-order valence-corrected chi connectivity index (χ3v) is 0.268. The number of rotatable bonds is 0. The molecule has 0 aliphatic rings. The maximum Gasteiger partial charge on any atom is 0.376 e. The normalized spacial score (nSPS) is 6.91. The molecular weight excluding hydrogens is 158 g/mol. The lowest BCUT2D eigenvalue weighted by Gasteiger charge is -1.83. The average molecular weight is 165 g/mol. The minimum atomic E-state index is -1.75. The van der Waals surface area contributed by atoms with E-state index in [0.29, 0.717) is 0 Å². The van der Waals surface area contributed by atoms with Gasteiger partial charge in [0.25, 0.3) is 0 Å². The smallest absolute Gasteiger partial charge is 0.356 e. The first-order valence-electron chi connectivity index (χ1n) is 2.12. The highest BCUT2D eigenvalue weighted by atomic mass is 16.9. The second-order valence-corrected chi connectivity index (χ2v) is 1.17. The molecule has 0 rings (SSSR count). The summed E-state index contributed by atoms with van der Waals surface area (Å²) in [6.45, 7) is 0. The van der Waals surface area contributed by atoms with Gasteiger partial charge in [0.15, 0.2) is 0 Å². The van der Waals surface area contributed by atoms with Crippen molar-refractivity contribution in [2.45, 2.75) is 0 Å². The SMILES string of the molecule is NC(=[NH2+])NC(N)=O.O=[N+]([O-])[O-]. The molecule has 0 saturated carbocycles. The van der Waals surface area contributed by atoms with E-state index in [-0.39, 0.29) is 5.96 Å². The molecule has 64 valence electrons. The highest BCUT2D eigenvalue weighted by molar-refractivity contribution is 5.91.